The third-order valence-electron chi connectivity index (χ3n) is 2.42. The number of hydrogen-bond acceptors (Lipinski definition) is 2. The van der Waals surface area contributed by atoms with Crippen LogP contribution in [0.1, 0.15) is 39.7 Å². The standard InChI is InChI=1S/C13H12OS.C4H8.C3H8/c14-10-11-6-8-13(9-7-11)15-12-4-2-1-3-5-12;1-3-4-2;1-3-2/h1-9,14H,10H2;3-4H,1-2H3;3H2,1-2H3. The van der Waals surface area contributed by atoms with Crippen molar-refractivity contribution in [1.82, 2.24) is 0 Å². The Hall–Kier alpha value is -1.51. The second-order valence-electron chi connectivity index (χ2n) is 4.59. The van der Waals surface area contributed by atoms with Crippen LogP contribution in [-0.4, -0.2) is 5.11 Å². The number of aliphatic hydroxyl groups is 1. The highest BCUT2D eigenvalue weighted by Crippen LogP contribution is 2.27. The van der Waals surface area contributed by atoms with Gasteiger partial charge in [0.1, 0.15) is 0 Å². The molecule has 0 radical (unpaired) electrons. The minimum atomic E-state index is 0.107. The van der Waals surface area contributed by atoms with E-state index in [2.05, 4.69) is 26.0 Å². The molecule has 1 N–H and O–H groups in total. The van der Waals surface area contributed by atoms with Crippen molar-refractivity contribution in [2.75, 3.05) is 0 Å². The summed E-state index contributed by atoms with van der Waals surface area (Å²) in [5.74, 6) is 0. The number of aliphatic hydroxyl groups excluding tert-OH is 1. The molecule has 2 rings (SSSR count). The second kappa shape index (κ2) is 14.4. The van der Waals surface area contributed by atoms with Crippen LogP contribution in [-0.2, 0) is 6.61 Å². The quantitative estimate of drug-likeness (QED) is 0.668. The van der Waals surface area contributed by atoms with E-state index in [0.29, 0.717) is 0 Å². The molecule has 0 aliphatic rings. The maximum atomic E-state index is 8.91. The highest BCUT2D eigenvalue weighted by molar-refractivity contribution is 7.99. The molecule has 0 aliphatic carbocycles. The van der Waals surface area contributed by atoms with Crippen LogP contribution >= 0.6 is 11.8 Å². The van der Waals surface area contributed by atoms with Crippen LogP contribution in [0.4, 0.5) is 0 Å². The van der Waals surface area contributed by atoms with Gasteiger partial charge in [0.2, 0.25) is 0 Å². The number of allylic oxidation sites excluding steroid dienone is 2. The van der Waals surface area contributed by atoms with Crippen LogP contribution in [0.2, 0.25) is 0 Å². The second-order valence-corrected chi connectivity index (χ2v) is 5.74. The van der Waals surface area contributed by atoms with Gasteiger partial charge in [0, 0.05) is 9.79 Å². The minimum Gasteiger partial charge on any atom is -0.392 e. The zero-order chi connectivity index (χ0) is 16.6. The van der Waals surface area contributed by atoms with Gasteiger partial charge in [-0.3, -0.25) is 0 Å². The fourth-order valence-corrected chi connectivity index (χ4v) is 2.13. The van der Waals surface area contributed by atoms with Crippen molar-refractivity contribution in [3.05, 3.63) is 72.3 Å². The number of hydrogen-bond donors (Lipinski definition) is 1. The Morgan fingerprint density at radius 3 is 1.68 bits per heavy atom. The Bertz CT molecular complexity index is 485. The van der Waals surface area contributed by atoms with E-state index in [1.54, 1.807) is 11.8 Å². The third-order valence-corrected chi connectivity index (χ3v) is 3.43. The summed E-state index contributed by atoms with van der Waals surface area (Å²) in [6, 6.07) is 18.2. The van der Waals surface area contributed by atoms with Crippen molar-refractivity contribution in [3.63, 3.8) is 0 Å². The Morgan fingerprint density at radius 2 is 1.27 bits per heavy atom. The Kier molecular flexibility index (Phi) is 13.4. The van der Waals surface area contributed by atoms with Gasteiger partial charge in [0.25, 0.3) is 0 Å². The van der Waals surface area contributed by atoms with E-state index in [9.17, 15) is 0 Å². The molecule has 0 heterocycles. The van der Waals surface area contributed by atoms with Crippen molar-refractivity contribution >= 4 is 11.8 Å². The molecule has 0 atom stereocenters. The van der Waals surface area contributed by atoms with Crippen molar-refractivity contribution in [2.45, 2.75) is 50.5 Å². The lowest BCUT2D eigenvalue weighted by Gasteiger charge is -2.02. The molecule has 2 aromatic rings. The molecule has 120 valence electrons. The normalized spacial score (nSPS) is 9.50. The fraction of sp³-hybridized carbons (Fsp3) is 0.300. The molecule has 0 fully saturated rings. The molecule has 0 bridgehead atoms. The number of benzene rings is 2. The van der Waals surface area contributed by atoms with Crippen LogP contribution in [0.15, 0.2) is 76.5 Å². The summed E-state index contributed by atoms with van der Waals surface area (Å²) in [6.45, 7) is 8.36. The van der Waals surface area contributed by atoms with Gasteiger partial charge < -0.3 is 5.11 Å². The third kappa shape index (κ3) is 10.3. The molecule has 1 nitrogen and oxygen atoms in total. The molecule has 0 aromatic heterocycles. The summed E-state index contributed by atoms with van der Waals surface area (Å²) < 4.78 is 0. The summed E-state index contributed by atoms with van der Waals surface area (Å²) >= 11 is 1.73. The van der Waals surface area contributed by atoms with E-state index in [1.807, 2.05) is 68.5 Å². The maximum Gasteiger partial charge on any atom is 0.0681 e. The highest BCUT2D eigenvalue weighted by Gasteiger charge is 1.96. The van der Waals surface area contributed by atoms with E-state index >= 15 is 0 Å². The zero-order valence-electron chi connectivity index (χ0n) is 14.1. The predicted molar refractivity (Wildman–Crippen MR) is 99.4 cm³/mol. The van der Waals surface area contributed by atoms with Crippen LogP contribution in [0.3, 0.4) is 0 Å². The predicted octanol–water partition coefficient (Wildman–Crippen LogP) is 6.33. The van der Waals surface area contributed by atoms with E-state index < -0.39 is 0 Å². The molecule has 0 saturated heterocycles. The van der Waals surface area contributed by atoms with Crippen LogP contribution in [0.5, 0.6) is 0 Å². The molecule has 2 aromatic carbocycles. The summed E-state index contributed by atoms with van der Waals surface area (Å²) in [6.07, 6.45) is 5.25. The topological polar surface area (TPSA) is 20.2 Å². The van der Waals surface area contributed by atoms with Gasteiger partial charge >= 0.3 is 0 Å². The van der Waals surface area contributed by atoms with Gasteiger partial charge in [-0.1, -0.05) is 74.5 Å². The Morgan fingerprint density at radius 1 is 0.818 bits per heavy atom. The lowest BCUT2D eigenvalue weighted by Crippen LogP contribution is -1.81. The van der Waals surface area contributed by atoms with Gasteiger partial charge in [0.05, 0.1) is 6.61 Å². The largest absolute Gasteiger partial charge is 0.392 e. The Labute approximate surface area is 140 Å². The van der Waals surface area contributed by atoms with Crippen molar-refractivity contribution < 1.29 is 5.11 Å². The van der Waals surface area contributed by atoms with Gasteiger partial charge in [-0.05, 0) is 43.7 Å². The van der Waals surface area contributed by atoms with E-state index in [1.165, 1.54) is 16.2 Å². The lowest BCUT2D eigenvalue weighted by molar-refractivity contribution is 0.282. The highest BCUT2D eigenvalue weighted by atomic mass is 32.2. The first-order chi connectivity index (χ1) is 10.7. The zero-order valence-corrected chi connectivity index (χ0v) is 14.9. The van der Waals surface area contributed by atoms with Crippen molar-refractivity contribution in [1.29, 1.82) is 0 Å². The van der Waals surface area contributed by atoms with Crippen LogP contribution in [0, 0.1) is 0 Å². The van der Waals surface area contributed by atoms with Gasteiger partial charge in [-0.15, -0.1) is 0 Å². The molecule has 22 heavy (non-hydrogen) atoms. The molecule has 0 spiro atoms. The van der Waals surface area contributed by atoms with Gasteiger partial charge in [0.15, 0.2) is 0 Å². The molecule has 0 aliphatic heterocycles. The molecule has 0 amide bonds. The van der Waals surface area contributed by atoms with E-state index in [-0.39, 0.29) is 6.61 Å². The van der Waals surface area contributed by atoms with Crippen LogP contribution < -0.4 is 0 Å². The van der Waals surface area contributed by atoms with Crippen molar-refractivity contribution in [2.24, 2.45) is 0 Å². The first-order valence-electron chi connectivity index (χ1n) is 7.71. The summed E-state index contributed by atoms with van der Waals surface area (Å²) in [5, 5.41) is 8.91. The van der Waals surface area contributed by atoms with Crippen molar-refractivity contribution in [3.8, 4) is 0 Å². The molecule has 0 unspecified atom stereocenters. The van der Waals surface area contributed by atoms with Gasteiger partial charge in [-0.25, -0.2) is 0 Å². The average Bonchev–Trinajstić information content (AvgIpc) is 2.57. The molecular weight excluding hydrogens is 288 g/mol. The monoisotopic (exact) mass is 316 g/mol. The Balaban J connectivity index is 0.000000537. The fourth-order valence-electron chi connectivity index (χ4n) is 1.29. The first-order valence-corrected chi connectivity index (χ1v) is 8.53. The van der Waals surface area contributed by atoms with Gasteiger partial charge in [-0.2, -0.15) is 0 Å². The first kappa shape index (κ1) is 20.5. The lowest BCUT2D eigenvalue weighted by atomic mass is 10.2. The summed E-state index contributed by atoms with van der Waals surface area (Å²) in [7, 11) is 0. The summed E-state index contributed by atoms with van der Waals surface area (Å²) in [4.78, 5) is 2.42. The smallest absolute Gasteiger partial charge is 0.0681 e. The molecule has 0 saturated carbocycles. The van der Waals surface area contributed by atoms with E-state index in [0.717, 1.165) is 5.56 Å². The number of rotatable bonds is 3. The van der Waals surface area contributed by atoms with Crippen LogP contribution in [0.25, 0.3) is 0 Å². The molecule has 2 heteroatoms. The minimum absolute atomic E-state index is 0.107. The van der Waals surface area contributed by atoms with E-state index in [4.69, 9.17) is 5.11 Å². The maximum absolute atomic E-state index is 8.91. The summed E-state index contributed by atoms with van der Waals surface area (Å²) in [5.41, 5.74) is 0.951. The SMILES string of the molecule is CC=CC.CCC.OCc1ccc(Sc2ccccc2)cc1. The molecular formula is C20H28OS. The average molecular weight is 317 g/mol.